The maximum absolute atomic E-state index is 12.9. The predicted octanol–water partition coefficient (Wildman–Crippen LogP) is 3.72. The average molecular weight is 319 g/mol. The van der Waals surface area contributed by atoms with E-state index in [0.29, 0.717) is 6.61 Å². The first-order valence-corrected chi connectivity index (χ1v) is 7.73. The molecule has 0 saturated heterocycles. The molecule has 0 radical (unpaired) electrons. The number of thiophene rings is 1. The summed E-state index contributed by atoms with van der Waals surface area (Å²) in [5, 5.41) is 2.81. The SMILES string of the molecule is COC[C@@H](C)NC(=O)/C=C/c1ccc(-c2ccc(F)cc2)s1. The molecule has 0 saturated carbocycles. The molecule has 0 fully saturated rings. The van der Waals surface area contributed by atoms with E-state index in [2.05, 4.69) is 5.32 Å². The first-order valence-electron chi connectivity index (χ1n) is 6.92. The van der Waals surface area contributed by atoms with Gasteiger partial charge in [0.1, 0.15) is 5.82 Å². The number of carbonyl (C=O) groups excluding carboxylic acids is 1. The number of hydrogen-bond acceptors (Lipinski definition) is 3. The number of benzene rings is 1. The Morgan fingerprint density at radius 3 is 2.73 bits per heavy atom. The molecule has 0 aliphatic carbocycles. The van der Waals surface area contributed by atoms with Crippen molar-refractivity contribution in [3.63, 3.8) is 0 Å². The van der Waals surface area contributed by atoms with Crippen LogP contribution < -0.4 is 5.32 Å². The fourth-order valence-electron chi connectivity index (χ4n) is 1.95. The molecule has 0 aliphatic heterocycles. The Hall–Kier alpha value is -1.98. The van der Waals surface area contributed by atoms with Crippen molar-refractivity contribution in [2.75, 3.05) is 13.7 Å². The molecule has 0 bridgehead atoms. The van der Waals surface area contributed by atoms with Gasteiger partial charge in [0.05, 0.1) is 6.61 Å². The van der Waals surface area contributed by atoms with E-state index in [9.17, 15) is 9.18 Å². The molecule has 0 unspecified atom stereocenters. The molecule has 1 atom stereocenters. The quantitative estimate of drug-likeness (QED) is 0.824. The standard InChI is InChI=1S/C17H18FNO2S/c1-12(11-21-2)19-17(20)10-8-15-7-9-16(22-15)13-3-5-14(18)6-4-13/h3-10,12H,11H2,1-2H3,(H,19,20)/b10-8+/t12-/m1/s1. The molecule has 1 amide bonds. The highest BCUT2D eigenvalue weighted by Gasteiger charge is 2.05. The van der Waals surface area contributed by atoms with Crippen molar-refractivity contribution in [1.82, 2.24) is 5.32 Å². The normalized spacial score (nSPS) is 12.5. The minimum Gasteiger partial charge on any atom is -0.383 e. The molecule has 2 aromatic rings. The first-order chi connectivity index (χ1) is 10.6. The number of halogens is 1. The Morgan fingerprint density at radius 1 is 1.32 bits per heavy atom. The van der Waals surface area contributed by atoms with Gasteiger partial charge in [0.25, 0.3) is 0 Å². The minimum absolute atomic E-state index is 0.0275. The minimum atomic E-state index is -0.248. The van der Waals surface area contributed by atoms with Crippen LogP contribution in [0.15, 0.2) is 42.5 Å². The van der Waals surface area contributed by atoms with Crippen LogP contribution in [0.5, 0.6) is 0 Å². The van der Waals surface area contributed by atoms with Crippen LogP contribution in [0.4, 0.5) is 4.39 Å². The third kappa shape index (κ3) is 4.79. The Kier molecular flexibility index (Phi) is 5.86. The molecular formula is C17H18FNO2S. The van der Waals surface area contributed by atoms with E-state index < -0.39 is 0 Å². The molecule has 1 heterocycles. The molecule has 3 nitrogen and oxygen atoms in total. The van der Waals surface area contributed by atoms with Crippen LogP contribution in [0, 0.1) is 5.82 Å². The van der Waals surface area contributed by atoms with Crippen LogP contribution in [0.25, 0.3) is 16.5 Å². The van der Waals surface area contributed by atoms with Gasteiger partial charge in [-0.1, -0.05) is 12.1 Å². The lowest BCUT2D eigenvalue weighted by atomic mass is 10.2. The van der Waals surface area contributed by atoms with Gasteiger partial charge < -0.3 is 10.1 Å². The summed E-state index contributed by atoms with van der Waals surface area (Å²) in [7, 11) is 1.60. The third-order valence-corrected chi connectivity index (χ3v) is 4.06. The van der Waals surface area contributed by atoms with Crippen molar-refractivity contribution < 1.29 is 13.9 Å². The number of carbonyl (C=O) groups is 1. The van der Waals surface area contributed by atoms with Crippen molar-refractivity contribution in [3.05, 3.63) is 53.2 Å². The maximum atomic E-state index is 12.9. The van der Waals surface area contributed by atoms with Gasteiger partial charge in [-0.3, -0.25) is 4.79 Å². The zero-order chi connectivity index (χ0) is 15.9. The summed E-state index contributed by atoms with van der Waals surface area (Å²) in [6, 6.07) is 10.2. The highest BCUT2D eigenvalue weighted by atomic mass is 32.1. The Balaban J connectivity index is 1.98. The van der Waals surface area contributed by atoms with Crippen LogP contribution in [0.1, 0.15) is 11.8 Å². The van der Waals surface area contributed by atoms with E-state index in [0.717, 1.165) is 15.3 Å². The molecule has 1 aromatic heterocycles. The average Bonchev–Trinajstić information content (AvgIpc) is 2.95. The van der Waals surface area contributed by atoms with Crippen molar-refractivity contribution >= 4 is 23.3 Å². The monoisotopic (exact) mass is 319 g/mol. The van der Waals surface area contributed by atoms with Gasteiger partial charge >= 0.3 is 0 Å². The van der Waals surface area contributed by atoms with Crippen LogP contribution in [0.3, 0.4) is 0 Å². The molecule has 0 spiro atoms. The van der Waals surface area contributed by atoms with E-state index in [4.69, 9.17) is 4.74 Å². The van der Waals surface area contributed by atoms with Crippen LogP contribution in [-0.4, -0.2) is 25.7 Å². The maximum Gasteiger partial charge on any atom is 0.244 e. The lowest BCUT2D eigenvalue weighted by Gasteiger charge is -2.10. The molecule has 5 heteroatoms. The van der Waals surface area contributed by atoms with Crippen LogP contribution in [0.2, 0.25) is 0 Å². The van der Waals surface area contributed by atoms with E-state index in [1.165, 1.54) is 18.2 Å². The van der Waals surface area contributed by atoms with Gasteiger partial charge in [-0.25, -0.2) is 4.39 Å². The van der Waals surface area contributed by atoms with Gasteiger partial charge in [0, 0.05) is 29.0 Å². The van der Waals surface area contributed by atoms with Crippen LogP contribution >= 0.6 is 11.3 Å². The second kappa shape index (κ2) is 7.87. The molecule has 1 N–H and O–H groups in total. The Labute approximate surface area is 133 Å². The topological polar surface area (TPSA) is 38.3 Å². The number of amides is 1. The molecule has 1 aromatic carbocycles. The van der Waals surface area contributed by atoms with Gasteiger partial charge in [0.2, 0.25) is 5.91 Å². The number of methoxy groups -OCH3 is 1. The highest BCUT2D eigenvalue weighted by Crippen LogP contribution is 2.28. The van der Waals surface area contributed by atoms with Gasteiger partial charge in [-0.05, 0) is 42.8 Å². The number of ether oxygens (including phenoxy) is 1. The van der Waals surface area contributed by atoms with Gasteiger partial charge in [-0.15, -0.1) is 11.3 Å². The molecule has 22 heavy (non-hydrogen) atoms. The zero-order valence-electron chi connectivity index (χ0n) is 12.5. The number of rotatable bonds is 6. The summed E-state index contributed by atoms with van der Waals surface area (Å²) in [5.74, 6) is -0.399. The smallest absolute Gasteiger partial charge is 0.244 e. The molecule has 116 valence electrons. The summed E-state index contributed by atoms with van der Waals surface area (Å²) in [6.45, 7) is 2.36. The number of nitrogens with one attached hydrogen (secondary N) is 1. The van der Waals surface area contributed by atoms with Crippen molar-refractivity contribution in [2.24, 2.45) is 0 Å². The second-order valence-corrected chi connectivity index (χ2v) is 6.02. The van der Waals surface area contributed by atoms with Crippen LogP contribution in [-0.2, 0) is 9.53 Å². The van der Waals surface area contributed by atoms with Gasteiger partial charge in [-0.2, -0.15) is 0 Å². The fraction of sp³-hybridized carbons (Fsp3) is 0.235. The van der Waals surface area contributed by atoms with E-state index in [-0.39, 0.29) is 17.8 Å². The third-order valence-electron chi connectivity index (χ3n) is 2.96. The first kappa shape index (κ1) is 16.4. The summed E-state index contributed by atoms with van der Waals surface area (Å²) < 4.78 is 17.9. The lowest BCUT2D eigenvalue weighted by molar-refractivity contribution is -0.117. The summed E-state index contributed by atoms with van der Waals surface area (Å²) in [6.07, 6.45) is 3.28. The molecular weight excluding hydrogens is 301 g/mol. The molecule has 0 aliphatic rings. The van der Waals surface area contributed by atoms with E-state index in [1.807, 2.05) is 19.1 Å². The number of hydrogen-bond donors (Lipinski definition) is 1. The predicted molar refractivity (Wildman–Crippen MR) is 88.2 cm³/mol. The summed E-state index contributed by atoms with van der Waals surface area (Å²) >= 11 is 1.55. The fourth-order valence-corrected chi connectivity index (χ4v) is 2.87. The zero-order valence-corrected chi connectivity index (χ0v) is 13.3. The summed E-state index contributed by atoms with van der Waals surface area (Å²) in [5.41, 5.74) is 0.962. The van der Waals surface area contributed by atoms with Gasteiger partial charge in [0.15, 0.2) is 0 Å². The van der Waals surface area contributed by atoms with Crippen molar-refractivity contribution in [1.29, 1.82) is 0 Å². The van der Waals surface area contributed by atoms with Crippen molar-refractivity contribution in [2.45, 2.75) is 13.0 Å². The van der Waals surface area contributed by atoms with Crippen molar-refractivity contribution in [3.8, 4) is 10.4 Å². The second-order valence-electron chi connectivity index (χ2n) is 4.91. The largest absolute Gasteiger partial charge is 0.383 e. The highest BCUT2D eigenvalue weighted by molar-refractivity contribution is 7.16. The Bertz CT molecular complexity index is 649. The Morgan fingerprint density at radius 2 is 2.05 bits per heavy atom. The lowest BCUT2D eigenvalue weighted by Crippen LogP contribution is -2.34. The van der Waals surface area contributed by atoms with E-state index >= 15 is 0 Å². The van der Waals surface area contributed by atoms with E-state index in [1.54, 1.807) is 36.7 Å². The molecule has 2 rings (SSSR count). The summed E-state index contributed by atoms with van der Waals surface area (Å²) in [4.78, 5) is 13.7.